The quantitative estimate of drug-likeness (QED) is 0.845. The van der Waals surface area contributed by atoms with Crippen LogP contribution in [-0.4, -0.2) is 20.1 Å². The van der Waals surface area contributed by atoms with Crippen LogP contribution in [0.3, 0.4) is 0 Å². The third kappa shape index (κ3) is 4.39. The van der Waals surface area contributed by atoms with Gasteiger partial charge in [-0.25, -0.2) is 0 Å². The van der Waals surface area contributed by atoms with Gasteiger partial charge in [-0.05, 0) is 36.4 Å². The van der Waals surface area contributed by atoms with Crippen LogP contribution in [0.1, 0.15) is 13.8 Å². The SMILES string of the molecule is COc1ccc(OC)c(Nc2ccc(NC(=O)C(C)C)cc2)c1. The zero-order chi connectivity index (χ0) is 16.8. The number of hydrogen-bond acceptors (Lipinski definition) is 4. The minimum atomic E-state index is -0.0474. The van der Waals surface area contributed by atoms with Crippen LogP contribution in [0.15, 0.2) is 42.5 Å². The maximum Gasteiger partial charge on any atom is 0.226 e. The fourth-order valence-electron chi connectivity index (χ4n) is 1.99. The summed E-state index contributed by atoms with van der Waals surface area (Å²) in [5.74, 6) is 1.42. The lowest BCUT2D eigenvalue weighted by atomic mass is 10.2. The van der Waals surface area contributed by atoms with E-state index in [-0.39, 0.29) is 11.8 Å². The van der Waals surface area contributed by atoms with E-state index in [0.717, 1.165) is 28.6 Å². The molecule has 5 nitrogen and oxygen atoms in total. The van der Waals surface area contributed by atoms with Gasteiger partial charge in [0.2, 0.25) is 5.91 Å². The molecule has 0 aliphatic heterocycles. The molecule has 0 heterocycles. The molecule has 122 valence electrons. The lowest BCUT2D eigenvalue weighted by Crippen LogP contribution is -2.17. The Kier molecular flexibility index (Phi) is 5.46. The van der Waals surface area contributed by atoms with E-state index in [1.807, 2.05) is 56.3 Å². The summed E-state index contributed by atoms with van der Waals surface area (Å²) in [6, 6.07) is 13.1. The van der Waals surface area contributed by atoms with E-state index < -0.39 is 0 Å². The molecule has 0 saturated heterocycles. The van der Waals surface area contributed by atoms with Crippen molar-refractivity contribution < 1.29 is 14.3 Å². The second-order valence-corrected chi connectivity index (χ2v) is 5.41. The molecule has 0 fully saturated rings. The van der Waals surface area contributed by atoms with Crippen LogP contribution in [0.2, 0.25) is 0 Å². The first-order valence-corrected chi connectivity index (χ1v) is 7.43. The van der Waals surface area contributed by atoms with E-state index >= 15 is 0 Å². The number of anilines is 3. The van der Waals surface area contributed by atoms with Gasteiger partial charge in [0.05, 0.1) is 19.9 Å². The number of amides is 1. The Hall–Kier alpha value is -2.69. The molecule has 0 atom stereocenters. The van der Waals surface area contributed by atoms with Crippen LogP contribution in [0, 0.1) is 5.92 Å². The Morgan fingerprint density at radius 2 is 1.61 bits per heavy atom. The lowest BCUT2D eigenvalue weighted by Gasteiger charge is -2.13. The third-order valence-electron chi connectivity index (χ3n) is 3.36. The molecule has 2 aromatic carbocycles. The van der Waals surface area contributed by atoms with Gasteiger partial charge in [-0.15, -0.1) is 0 Å². The van der Waals surface area contributed by atoms with Crippen LogP contribution >= 0.6 is 0 Å². The van der Waals surface area contributed by atoms with Crippen molar-refractivity contribution in [3.05, 3.63) is 42.5 Å². The first-order chi connectivity index (χ1) is 11.0. The number of hydrogen-bond donors (Lipinski definition) is 2. The van der Waals surface area contributed by atoms with Crippen molar-refractivity contribution in [2.75, 3.05) is 24.9 Å². The van der Waals surface area contributed by atoms with Gasteiger partial charge < -0.3 is 20.1 Å². The molecular formula is C18H22N2O3. The molecule has 0 aromatic heterocycles. The molecule has 0 radical (unpaired) electrons. The summed E-state index contributed by atoms with van der Waals surface area (Å²) >= 11 is 0. The first kappa shape index (κ1) is 16.7. The Bertz CT molecular complexity index is 666. The molecule has 0 spiro atoms. The van der Waals surface area contributed by atoms with Crippen molar-refractivity contribution in [3.8, 4) is 11.5 Å². The van der Waals surface area contributed by atoms with Gasteiger partial charge >= 0.3 is 0 Å². The van der Waals surface area contributed by atoms with E-state index in [4.69, 9.17) is 9.47 Å². The van der Waals surface area contributed by atoms with Gasteiger partial charge in [-0.2, -0.15) is 0 Å². The summed E-state index contributed by atoms with van der Waals surface area (Å²) in [6.45, 7) is 3.72. The Labute approximate surface area is 136 Å². The van der Waals surface area contributed by atoms with Crippen LogP contribution in [0.25, 0.3) is 0 Å². The number of nitrogens with one attached hydrogen (secondary N) is 2. The van der Waals surface area contributed by atoms with E-state index in [9.17, 15) is 4.79 Å². The molecule has 0 bridgehead atoms. The molecule has 0 saturated carbocycles. The van der Waals surface area contributed by atoms with Crippen LogP contribution in [-0.2, 0) is 4.79 Å². The van der Waals surface area contributed by atoms with Crippen molar-refractivity contribution in [2.24, 2.45) is 5.92 Å². The molecule has 5 heteroatoms. The number of carbonyl (C=O) groups excluding carboxylic acids is 1. The van der Waals surface area contributed by atoms with Gasteiger partial charge in [0.1, 0.15) is 11.5 Å². The molecule has 0 unspecified atom stereocenters. The fourth-order valence-corrected chi connectivity index (χ4v) is 1.99. The minimum absolute atomic E-state index is 0.000161. The smallest absolute Gasteiger partial charge is 0.226 e. The first-order valence-electron chi connectivity index (χ1n) is 7.43. The molecule has 0 aliphatic carbocycles. The number of carbonyl (C=O) groups is 1. The van der Waals surface area contributed by atoms with Gasteiger partial charge in [0.25, 0.3) is 0 Å². The summed E-state index contributed by atoms with van der Waals surface area (Å²) < 4.78 is 10.6. The topological polar surface area (TPSA) is 59.6 Å². The normalized spacial score (nSPS) is 10.3. The predicted octanol–water partition coefficient (Wildman–Crippen LogP) is 4.04. The van der Waals surface area contributed by atoms with E-state index in [1.165, 1.54) is 0 Å². The van der Waals surface area contributed by atoms with Crippen molar-refractivity contribution in [3.63, 3.8) is 0 Å². The molecule has 2 N–H and O–H groups in total. The van der Waals surface area contributed by atoms with Gasteiger partial charge in [0, 0.05) is 23.4 Å². The molecule has 23 heavy (non-hydrogen) atoms. The maximum atomic E-state index is 11.7. The molecule has 0 aliphatic rings. The zero-order valence-corrected chi connectivity index (χ0v) is 13.8. The van der Waals surface area contributed by atoms with Crippen molar-refractivity contribution in [1.29, 1.82) is 0 Å². The highest BCUT2D eigenvalue weighted by molar-refractivity contribution is 5.92. The fraction of sp³-hybridized carbons (Fsp3) is 0.278. The molecular weight excluding hydrogens is 292 g/mol. The number of ether oxygens (including phenoxy) is 2. The largest absolute Gasteiger partial charge is 0.497 e. The average molecular weight is 314 g/mol. The van der Waals surface area contributed by atoms with Gasteiger partial charge in [0.15, 0.2) is 0 Å². The van der Waals surface area contributed by atoms with Gasteiger partial charge in [-0.3, -0.25) is 4.79 Å². The van der Waals surface area contributed by atoms with Crippen molar-refractivity contribution >= 4 is 23.0 Å². The Morgan fingerprint density at radius 3 is 2.17 bits per heavy atom. The van der Waals surface area contributed by atoms with Gasteiger partial charge in [-0.1, -0.05) is 13.8 Å². The maximum absolute atomic E-state index is 11.7. The van der Waals surface area contributed by atoms with E-state index in [1.54, 1.807) is 14.2 Å². The average Bonchev–Trinajstić information content (AvgIpc) is 2.56. The van der Waals surface area contributed by atoms with E-state index in [0.29, 0.717) is 0 Å². The summed E-state index contributed by atoms with van der Waals surface area (Å²) in [7, 11) is 3.25. The minimum Gasteiger partial charge on any atom is -0.497 e. The van der Waals surface area contributed by atoms with Crippen molar-refractivity contribution in [2.45, 2.75) is 13.8 Å². The standard InChI is InChI=1S/C18H22N2O3/c1-12(2)18(21)20-14-7-5-13(6-8-14)19-16-11-15(22-3)9-10-17(16)23-4/h5-12,19H,1-4H3,(H,20,21). The molecule has 2 aromatic rings. The van der Waals surface area contributed by atoms with Crippen LogP contribution < -0.4 is 20.1 Å². The highest BCUT2D eigenvalue weighted by atomic mass is 16.5. The number of rotatable bonds is 6. The summed E-state index contributed by atoms with van der Waals surface area (Å²) in [6.07, 6.45) is 0. The second kappa shape index (κ2) is 7.54. The molecule has 2 rings (SSSR count). The Balaban J connectivity index is 2.13. The van der Waals surface area contributed by atoms with Crippen LogP contribution in [0.5, 0.6) is 11.5 Å². The van der Waals surface area contributed by atoms with Crippen LogP contribution in [0.4, 0.5) is 17.1 Å². The summed E-state index contributed by atoms with van der Waals surface area (Å²) in [4.78, 5) is 11.7. The van der Waals surface area contributed by atoms with E-state index in [2.05, 4.69) is 10.6 Å². The monoisotopic (exact) mass is 314 g/mol. The second-order valence-electron chi connectivity index (χ2n) is 5.41. The lowest BCUT2D eigenvalue weighted by molar-refractivity contribution is -0.118. The number of methoxy groups -OCH3 is 2. The summed E-state index contributed by atoms with van der Waals surface area (Å²) in [5.41, 5.74) is 2.47. The van der Waals surface area contributed by atoms with Crippen molar-refractivity contribution in [1.82, 2.24) is 0 Å². The highest BCUT2D eigenvalue weighted by Gasteiger charge is 2.08. The Morgan fingerprint density at radius 1 is 0.957 bits per heavy atom. The predicted molar refractivity (Wildman–Crippen MR) is 92.7 cm³/mol. The number of benzene rings is 2. The zero-order valence-electron chi connectivity index (χ0n) is 13.8. The molecule has 1 amide bonds. The highest BCUT2D eigenvalue weighted by Crippen LogP contribution is 2.31. The third-order valence-corrected chi connectivity index (χ3v) is 3.36. The summed E-state index contributed by atoms with van der Waals surface area (Å²) in [5, 5.41) is 6.15.